The minimum Gasteiger partial charge on any atom is -0.497 e. The second-order valence-corrected chi connectivity index (χ2v) is 7.67. The predicted molar refractivity (Wildman–Crippen MR) is 121 cm³/mol. The highest BCUT2D eigenvalue weighted by atomic mass is 32.2. The number of rotatable bonds is 6. The monoisotopic (exact) mass is 432 g/mol. The first-order valence-electron chi connectivity index (χ1n) is 9.57. The molecule has 0 saturated carbocycles. The maximum Gasteiger partial charge on any atom is 0.337 e. The second kappa shape index (κ2) is 9.06. The quantitative estimate of drug-likeness (QED) is 0.254. The number of thioether (sulfide) groups is 1. The number of fused-ring (bicyclic) bond motifs is 1. The topological polar surface area (TPSA) is 70.4 Å². The Hall–Kier alpha value is -3.58. The zero-order valence-electron chi connectivity index (χ0n) is 17.1. The van der Waals surface area contributed by atoms with Crippen LogP contribution in [0.4, 0.5) is 0 Å². The van der Waals surface area contributed by atoms with Crippen molar-refractivity contribution in [2.75, 3.05) is 14.2 Å². The molecule has 31 heavy (non-hydrogen) atoms. The van der Waals surface area contributed by atoms with Crippen molar-refractivity contribution in [1.82, 2.24) is 9.55 Å². The van der Waals surface area contributed by atoms with Crippen molar-refractivity contribution < 1.29 is 14.3 Å². The molecule has 0 aliphatic carbocycles. The third kappa shape index (κ3) is 4.32. The Morgan fingerprint density at radius 3 is 2.42 bits per heavy atom. The van der Waals surface area contributed by atoms with Crippen molar-refractivity contribution in [2.24, 2.45) is 0 Å². The standard InChI is InChI=1S/C24H20N2O4S/c1-29-19-11-8-16(9-12-19)15-31-24-25-21-14-17(23(28)30-2)10-13-20(21)22(27)26(24)18-6-4-3-5-7-18/h3-14H,15H2,1-2H3. The Bertz CT molecular complexity index is 1280. The molecule has 4 rings (SSSR count). The van der Waals surface area contributed by atoms with Crippen LogP contribution in [-0.4, -0.2) is 29.7 Å². The molecule has 0 aliphatic heterocycles. The van der Waals surface area contributed by atoms with Gasteiger partial charge in [0.25, 0.3) is 5.56 Å². The average molecular weight is 433 g/mol. The summed E-state index contributed by atoms with van der Waals surface area (Å²) in [5, 5.41) is 0.979. The third-order valence-electron chi connectivity index (χ3n) is 4.80. The lowest BCUT2D eigenvalue weighted by molar-refractivity contribution is 0.0601. The number of benzene rings is 3. The SMILES string of the molecule is COC(=O)c1ccc2c(=O)n(-c3ccccc3)c(SCc3ccc(OC)cc3)nc2c1. The van der Waals surface area contributed by atoms with Crippen LogP contribution in [0, 0.1) is 0 Å². The minimum atomic E-state index is -0.469. The summed E-state index contributed by atoms with van der Waals surface area (Å²) in [4.78, 5) is 30.0. The van der Waals surface area contributed by atoms with Gasteiger partial charge in [0, 0.05) is 5.75 Å². The molecule has 0 bridgehead atoms. The number of nitrogens with zero attached hydrogens (tertiary/aromatic N) is 2. The van der Waals surface area contributed by atoms with Gasteiger partial charge in [-0.3, -0.25) is 9.36 Å². The Labute approximate surface area is 183 Å². The van der Waals surface area contributed by atoms with Crippen LogP contribution in [0.2, 0.25) is 0 Å². The molecule has 0 aliphatic rings. The lowest BCUT2D eigenvalue weighted by atomic mass is 10.1. The fraction of sp³-hybridized carbons (Fsp3) is 0.125. The molecule has 0 saturated heterocycles. The van der Waals surface area contributed by atoms with E-state index in [9.17, 15) is 9.59 Å². The van der Waals surface area contributed by atoms with E-state index < -0.39 is 5.97 Å². The van der Waals surface area contributed by atoms with E-state index in [1.165, 1.54) is 18.9 Å². The van der Waals surface area contributed by atoms with E-state index in [0.717, 1.165) is 17.0 Å². The minimum absolute atomic E-state index is 0.190. The summed E-state index contributed by atoms with van der Waals surface area (Å²) in [6, 6.07) is 21.9. The van der Waals surface area contributed by atoms with Gasteiger partial charge in [0.05, 0.1) is 36.4 Å². The van der Waals surface area contributed by atoms with Crippen molar-refractivity contribution in [3.63, 3.8) is 0 Å². The van der Waals surface area contributed by atoms with Gasteiger partial charge < -0.3 is 9.47 Å². The first kappa shape index (κ1) is 20.7. The molecule has 7 heteroatoms. The molecule has 6 nitrogen and oxygen atoms in total. The molecule has 0 N–H and O–H groups in total. The van der Waals surface area contributed by atoms with E-state index in [1.807, 2.05) is 54.6 Å². The van der Waals surface area contributed by atoms with Crippen molar-refractivity contribution in [3.8, 4) is 11.4 Å². The van der Waals surface area contributed by atoms with Gasteiger partial charge in [0.2, 0.25) is 0 Å². The van der Waals surface area contributed by atoms with Gasteiger partial charge in [-0.1, -0.05) is 42.1 Å². The maximum atomic E-state index is 13.4. The van der Waals surface area contributed by atoms with Crippen LogP contribution in [0.15, 0.2) is 82.7 Å². The predicted octanol–water partition coefficient (Wildman–Crippen LogP) is 4.47. The molecule has 156 valence electrons. The number of methoxy groups -OCH3 is 2. The Morgan fingerprint density at radius 1 is 1.00 bits per heavy atom. The van der Waals surface area contributed by atoms with Gasteiger partial charge >= 0.3 is 5.97 Å². The van der Waals surface area contributed by atoms with Crippen molar-refractivity contribution >= 4 is 28.6 Å². The molecule has 0 amide bonds. The van der Waals surface area contributed by atoms with Crippen LogP contribution in [0.1, 0.15) is 15.9 Å². The van der Waals surface area contributed by atoms with Gasteiger partial charge in [-0.05, 0) is 48.0 Å². The highest BCUT2D eigenvalue weighted by Gasteiger charge is 2.15. The fourth-order valence-electron chi connectivity index (χ4n) is 3.18. The number of carbonyl (C=O) groups excluding carboxylic acids is 1. The Morgan fingerprint density at radius 2 is 1.74 bits per heavy atom. The summed E-state index contributed by atoms with van der Waals surface area (Å²) in [6.45, 7) is 0. The van der Waals surface area contributed by atoms with Gasteiger partial charge in [0.15, 0.2) is 5.16 Å². The maximum absolute atomic E-state index is 13.4. The Kier molecular flexibility index (Phi) is 6.04. The normalized spacial score (nSPS) is 10.8. The first-order valence-corrected chi connectivity index (χ1v) is 10.6. The zero-order valence-corrected chi connectivity index (χ0v) is 17.9. The van der Waals surface area contributed by atoms with Crippen LogP contribution in [0.25, 0.3) is 16.6 Å². The second-order valence-electron chi connectivity index (χ2n) is 6.73. The van der Waals surface area contributed by atoms with Crippen LogP contribution >= 0.6 is 11.8 Å². The van der Waals surface area contributed by atoms with Crippen molar-refractivity contribution in [2.45, 2.75) is 10.9 Å². The number of carbonyl (C=O) groups is 1. The third-order valence-corrected chi connectivity index (χ3v) is 5.81. The molecule has 0 fully saturated rings. The summed E-state index contributed by atoms with van der Waals surface area (Å²) < 4.78 is 11.6. The van der Waals surface area contributed by atoms with Gasteiger partial charge in [0.1, 0.15) is 5.75 Å². The summed E-state index contributed by atoms with van der Waals surface area (Å²) in [5.74, 6) is 0.934. The molecule has 0 unspecified atom stereocenters. The van der Waals surface area contributed by atoms with Crippen molar-refractivity contribution in [3.05, 3.63) is 94.3 Å². The fourth-order valence-corrected chi connectivity index (χ4v) is 4.15. The molecule has 1 aromatic heterocycles. The van der Waals surface area contributed by atoms with Crippen LogP contribution in [0.5, 0.6) is 5.75 Å². The van der Waals surface area contributed by atoms with Gasteiger partial charge in [-0.15, -0.1) is 0 Å². The smallest absolute Gasteiger partial charge is 0.337 e. The highest BCUT2D eigenvalue weighted by molar-refractivity contribution is 7.98. The summed E-state index contributed by atoms with van der Waals surface area (Å²) in [6.07, 6.45) is 0. The number of esters is 1. The first-order chi connectivity index (χ1) is 15.1. The number of hydrogen-bond acceptors (Lipinski definition) is 6. The molecule has 3 aromatic carbocycles. The molecule has 4 aromatic rings. The van der Waals surface area contributed by atoms with E-state index in [-0.39, 0.29) is 5.56 Å². The molecule has 1 heterocycles. The Balaban J connectivity index is 1.81. The van der Waals surface area contributed by atoms with E-state index in [1.54, 1.807) is 29.9 Å². The zero-order chi connectivity index (χ0) is 21.8. The lowest BCUT2D eigenvalue weighted by Crippen LogP contribution is -2.22. The number of hydrogen-bond donors (Lipinski definition) is 0. The van der Waals surface area contributed by atoms with Gasteiger partial charge in [-0.2, -0.15) is 0 Å². The molecular weight excluding hydrogens is 412 g/mol. The van der Waals surface area contributed by atoms with E-state index >= 15 is 0 Å². The number of para-hydroxylation sites is 1. The van der Waals surface area contributed by atoms with Crippen LogP contribution in [-0.2, 0) is 10.5 Å². The van der Waals surface area contributed by atoms with Gasteiger partial charge in [-0.25, -0.2) is 9.78 Å². The summed E-state index contributed by atoms with van der Waals surface area (Å²) in [5.41, 5.74) is 2.42. The highest BCUT2D eigenvalue weighted by Crippen LogP contribution is 2.26. The van der Waals surface area contributed by atoms with E-state index in [0.29, 0.717) is 27.4 Å². The largest absolute Gasteiger partial charge is 0.497 e. The molecule has 0 atom stereocenters. The van der Waals surface area contributed by atoms with Crippen LogP contribution < -0.4 is 10.3 Å². The summed E-state index contributed by atoms with van der Waals surface area (Å²) >= 11 is 1.45. The number of aromatic nitrogens is 2. The number of ether oxygens (including phenoxy) is 2. The summed E-state index contributed by atoms with van der Waals surface area (Å²) in [7, 11) is 2.95. The average Bonchev–Trinajstić information content (AvgIpc) is 2.82. The van der Waals surface area contributed by atoms with Crippen molar-refractivity contribution in [1.29, 1.82) is 0 Å². The van der Waals surface area contributed by atoms with E-state index in [2.05, 4.69) is 0 Å². The molecule has 0 spiro atoms. The van der Waals surface area contributed by atoms with E-state index in [4.69, 9.17) is 14.5 Å². The molecule has 0 radical (unpaired) electrons. The lowest BCUT2D eigenvalue weighted by Gasteiger charge is -2.14. The molecular formula is C24H20N2O4S. The van der Waals surface area contributed by atoms with Crippen LogP contribution in [0.3, 0.4) is 0 Å².